The highest BCUT2D eigenvalue weighted by Crippen LogP contribution is 2.16. The van der Waals surface area contributed by atoms with Crippen LogP contribution >= 0.6 is 11.6 Å². The van der Waals surface area contributed by atoms with E-state index in [0.717, 1.165) is 0 Å². The van der Waals surface area contributed by atoms with Crippen molar-refractivity contribution in [3.05, 3.63) is 64.7 Å². The molecule has 0 saturated heterocycles. The minimum absolute atomic E-state index is 0.0597. The lowest BCUT2D eigenvalue weighted by Crippen LogP contribution is -2.13. The maximum Gasteiger partial charge on any atom is 0.266 e. The van der Waals surface area contributed by atoms with Gasteiger partial charge in [-0.25, -0.2) is 0 Å². The van der Waals surface area contributed by atoms with Gasteiger partial charge in [-0.1, -0.05) is 23.7 Å². The molecule has 0 bridgehead atoms. The first-order chi connectivity index (χ1) is 10.1. The second kappa shape index (κ2) is 6.60. The van der Waals surface area contributed by atoms with Gasteiger partial charge in [0.05, 0.1) is 0 Å². The molecule has 0 aliphatic rings. The minimum atomic E-state index is -0.525. The quantitative estimate of drug-likeness (QED) is 0.672. The van der Waals surface area contributed by atoms with Crippen LogP contribution in [0, 0.1) is 11.3 Å². The second-order valence-electron chi connectivity index (χ2n) is 4.23. The smallest absolute Gasteiger partial charge is 0.266 e. The Morgan fingerprint density at radius 3 is 2.57 bits per heavy atom. The van der Waals surface area contributed by atoms with E-state index in [-0.39, 0.29) is 11.3 Å². The van der Waals surface area contributed by atoms with Crippen LogP contribution in [0.1, 0.15) is 5.56 Å². The number of carbonyl (C=O) groups excluding carboxylic acids is 1. The van der Waals surface area contributed by atoms with Crippen LogP contribution in [0.4, 0.5) is 5.69 Å². The van der Waals surface area contributed by atoms with Gasteiger partial charge in [-0.05, 0) is 48.0 Å². The van der Waals surface area contributed by atoms with E-state index in [2.05, 4.69) is 5.32 Å². The average molecular weight is 299 g/mol. The number of nitrogens with one attached hydrogen (secondary N) is 1. The summed E-state index contributed by atoms with van der Waals surface area (Å²) >= 11 is 5.76. The van der Waals surface area contributed by atoms with Crippen molar-refractivity contribution in [3.8, 4) is 11.8 Å². The number of aromatic hydroxyl groups is 1. The number of hydrogen-bond acceptors (Lipinski definition) is 3. The third-order valence-corrected chi connectivity index (χ3v) is 2.90. The van der Waals surface area contributed by atoms with Crippen LogP contribution < -0.4 is 5.32 Å². The summed E-state index contributed by atoms with van der Waals surface area (Å²) in [5, 5.41) is 21.6. The number of phenols is 1. The topological polar surface area (TPSA) is 73.1 Å². The molecule has 0 unspecified atom stereocenters. The van der Waals surface area contributed by atoms with E-state index < -0.39 is 5.91 Å². The van der Waals surface area contributed by atoms with Crippen molar-refractivity contribution in [2.75, 3.05) is 5.32 Å². The lowest BCUT2D eigenvalue weighted by molar-refractivity contribution is -0.112. The number of rotatable bonds is 3. The number of nitriles is 1. The van der Waals surface area contributed by atoms with E-state index in [9.17, 15) is 9.90 Å². The number of benzene rings is 2. The van der Waals surface area contributed by atoms with E-state index in [1.54, 1.807) is 36.4 Å². The van der Waals surface area contributed by atoms with Crippen LogP contribution in [-0.4, -0.2) is 11.0 Å². The largest absolute Gasteiger partial charge is 0.508 e. The fraction of sp³-hybridized carbons (Fsp3) is 0. The molecule has 1 amide bonds. The normalized spacial score (nSPS) is 10.8. The molecule has 0 aliphatic carbocycles. The van der Waals surface area contributed by atoms with Crippen molar-refractivity contribution in [2.45, 2.75) is 0 Å². The summed E-state index contributed by atoms with van der Waals surface area (Å²) in [6.45, 7) is 0. The number of nitrogens with zero attached hydrogens (tertiary/aromatic N) is 1. The van der Waals surface area contributed by atoms with Gasteiger partial charge in [0.15, 0.2) is 0 Å². The van der Waals surface area contributed by atoms with Crippen LogP contribution in [0.3, 0.4) is 0 Å². The number of anilines is 1. The molecular formula is C16H11ClN2O2. The van der Waals surface area contributed by atoms with Crippen molar-refractivity contribution in [1.29, 1.82) is 5.26 Å². The third kappa shape index (κ3) is 4.10. The van der Waals surface area contributed by atoms with Crippen LogP contribution in [0.5, 0.6) is 5.75 Å². The van der Waals surface area contributed by atoms with Crippen molar-refractivity contribution >= 4 is 29.3 Å². The number of phenolic OH excluding ortho intramolecular Hbond substituents is 1. The van der Waals surface area contributed by atoms with Gasteiger partial charge in [0.25, 0.3) is 5.91 Å². The Bertz CT molecular complexity index is 731. The SMILES string of the molecule is N#C/C(=C\c1cccc(O)c1)C(=O)Nc1ccc(Cl)cc1. The van der Waals surface area contributed by atoms with Crippen LogP contribution in [0.15, 0.2) is 54.1 Å². The van der Waals surface area contributed by atoms with Crippen LogP contribution in [0.2, 0.25) is 5.02 Å². The van der Waals surface area contributed by atoms with Crippen LogP contribution in [-0.2, 0) is 4.79 Å². The molecule has 0 atom stereocenters. The predicted molar refractivity (Wildman–Crippen MR) is 81.8 cm³/mol. The van der Waals surface area contributed by atoms with Gasteiger partial charge in [0.2, 0.25) is 0 Å². The van der Waals surface area contributed by atoms with Gasteiger partial charge >= 0.3 is 0 Å². The maximum absolute atomic E-state index is 12.0. The Hall–Kier alpha value is -2.77. The van der Waals surface area contributed by atoms with E-state index in [1.807, 2.05) is 6.07 Å². The molecule has 0 radical (unpaired) electrons. The molecule has 2 N–H and O–H groups in total. The van der Waals surface area contributed by atoms with Crippen LogP contribution in [0.25, 0.3) is 6.08 Å². The van der Waals surface area contributed by atoms with E-state index >= 15 is 0 Å². The summed E-state index contributed by atoms with van der Waals surface area (Å²) in [5.74, 6) is -0.456. The molecule has 4 nitrogen and oxygen atoms in total. The fourth-order valence-corrected chi connectivity index (χ4v) is 1.79. The highest BCUT2D eigenvalue weighted by atomic mass is 35.5. The summed E-state index contributed by atoms with van der Waals surface area (Å²) < 4.78 is 0. The first-order valence-corrected chi connectivity index (χ1v) is 6.44. The summed E-state index contributed by atoms with van der Waals surface area (Å²) in [6, 6.07) is 14.7. The highest BCUT2D eigenvalue weighted by Gasteiger charge is 2.09. The number of hydrogen-bond donors (Lipinski definition) is 2. The molecule has 0 aliphatic heterocycles. The minimum Gasteiger partial charge on any atom is -0.508 e. The summed E-state index contributed by atoms with van der Waals surface area (Å²) in [6.07, 6.45) is 1.41. The standard InChI is InChI=1S/C16H11ClN2O2/c17-13-4-6-14(7-5-13)19-16(21)12(10-18)8-11-2-1-3-15(20)9-11/h1-9,20H,(H,19,21)/b12-8+. The van der Waals surface area contributed by atoms with Crippen molar-refractivity contribution in [1.82, 2.24) is 0 Å². The third-order valence-electron chi connectivity index (χ3n) is 2.65. The molecular weight excluding hydrogens is 288 g/mol. The zero-order valence-corrected chi connectivity index (χ0v) is 11.6. The van der Waals surface area contributed by atoms with Crippen molar-refractivity contribution < 1.29 is 9.90 Å². The maximum atomic E-state index is 12.0. The molecule has 0 aromatic heterocycles. The molecule has 5 heteroatoms. The lowest BCUT2D eigenvalue weighted by Gasteiger charge is -2.04. The highest BCUT2D eigenvalue weighted by molar-refractivity contribution is 6.30. The zero-order chi connectivity index (χ0) is 15.2. The average Bonchev–Trinajstić information content (AvgIpc) is 2.47. The Morgan fingerprint density at radius 1 is 1.24 bits per heavy atom. The summed E-state index contributed by atoms with van der Waals surface area (Å²) in [7, 11) is 0. The molecule has 2 aromatic carbocycles. The Kier molecular flexibility index (Phi) is 4.60. The Morgan fingerprint density at radius 2 is 1.95 bits per heavy atom. The molecule has 104 valence electrons. The van der Waals surface area contributed by atoms with Gasteiger partial charge in [-0.15, -0.1) is 0 Å². The van der Waals surface area contributed by atoms with E-state index in [1.165, 1.54) is 18.2 Å². The van der Waals surface area contributed by atoms with E-state index in [0.29, 0.717) is 16.3 Å². The van der Waals surface area contributed by atoms with E-state index in [4.69, 9.17) is 16.9 Å². The molecule has 0 saturated carbocycles. The lowest BCUT2D eigenvalue weighted by atomic mass is 10.1. The second-order valence-corrected chi connectivity index (χ2v) is 4.66. The van der Waals surface area contributed by atoms with Gasteiger partial charge < -0.3 is 10.4 Å². The van der Waals surface area contributed by atoms with Crippen molar-refractivity contribution in [2.24, 2.45) is 0 Å². The molecule has 2 rings (SSSR count). The van der Waals surface area contributed by atoms with Gasteiger partial charge in [-0.3, -0.25) is 4.79 Å². The van der Waals surface area contributed by atoms with Gasteiger partial charge in [-0.2, -0.15) is 5.26 Å². The number of halogens is 1. The predicted octanol–water partition coefficient (Wildman–Crippen LogP) is 3.59. The molecule has 2 aromatic rings. The number of carbonyl (C=O) groups is 1. The summed E-state index contributed by atoms with van der Waals surface area (Å²) in [4.78, 5) is 12.0. The van der Waals surface area contributed by atoms with Gasteiger partial charge in [0, 0.05) is 10.7 Å². The molecule has 0 fully saturated rings. The van der Waals surface area contributed by atoms with Crippen molar-refractivity contribution in [3.63, 3.8) is 0 Å². The first-order valence-electron chi connectivity index (χ1n) is 6.06. The number of amides is 1. The summed E-state index contributed by atoms with van der Waals surface area (Å²) in [5.41, 5.74) is 1.05. The Labute approximate surface area is 126 Å². The zero-order valence-electron chi connectivity index (χ0n) is 10.9. The molecule has 0 spiro atoms. The van der Waals surface area contributed by atoms with Gasteiger partial charge in [0.1, 0.15) is 17.4 Å². The fourth-order valence-electron chi connectivity index (χ4n) is 1.66. The molecule has 21 heavy (non-hydrogen) atoms. The molecule has 0 heterocycles. The monoisotopic (exact) mass is 298 g/mol. The Balaban J connectivity index is 2.19. The first kappa shape index (κ1) is 14.6.